The van der Waals surface area contributed by atoms with E-state index >= 15 is 0 Å². The minimum atomic E-state index is 0.594. The number of pyridine rings is 1. The van der Waals surface area contributed by atoms with Crippen LogP contribution in [0.5, 0.6) is 0 Å². The zero-order chi connectivity index (χ0) is 8.53. The van der Waals surface area contributed by atoms with Gasteiger partial charge in [-0.05, 0) is 12.1 Å². The predicted molar refractivity (Wildman–Crippen MR) is 50.5 cm³/mol. The number of hydrogen-bond acceptors (Lipinski definition) is 3. The van der Waals surface area contributed by atoms with Crippen molar-refractivity contribution in [2.45, 2.75) is 18.9 Å². The Morgan fingerprint density at radius 3 is 2.64 bits per heavy atom. The van der Waals surface area contributed by atoms with Gasteiger partial charge in [0.1, 0.15) is 0 Å². The van der Waals surface area contributed by atoms with Gasteiger partial charge in [0.2, 0.25) is 0 Å². The maximum Gasteiger partial charge on any atom is 0.0972 e. The number of aromatic nitrogens is 1. The van der Waals surface area contributed by atoms with Crippen LogP contribution in [0.25, 0.3) is 0 Å². The van der Waals surface area contributed by atoms with Crippen LogP contribution < -0.4 is 5.73 Å². The van der Waals surface area contributed by atoms with Gasteiger partial charge in [-0.3, -0.25) is 0 Å². The third kappa shape index (κ3) is 4.81. The fourth-order valence-corrected chi connectivity index (χ4v) is 0.999. The molecule has 1 rings (SSSR count). The van der Waals surface area contributed by atoms with Crippen molar-refractivity contribution in [1.29, 1.82) is 0 Å². The Labute approximate surface area is 72.2 Å². The highest BCUT2D eigenvalue weighted by Crippen LogP contribution is 2.09. The van der Waals surface area contributed by atoms with Crippen molar-refractivity contribution in [1.82, 2.24) is 4.98 Å². The smallest absolute Gasteiger partial charge is 0.0972 e. The van der Waals surface area contributed by atoms with Crippen LogP contribution in [0.15, 0.2) is 29.4 Å². The van der Waals surface area contributed by atoms with E-state index in [1.165, 1.54) is 0 Å². The second-order valence-electron chi connectivity index (χ2n) is 1.48. The quantitative estimate of drug-likeness (QED) is 0.546. The molecule has 1 aromatic heterocycles. The molecule has 0 amide bonds. The lowest BCUT2D eigenvalue weighted by Crippen LogP contribution is -1.92. The molecular formula is C8H14N2S. The Balaban J connectivity index is 0.000000461. The van der Waals surface area contributed by atoms with E-state index in [1.54, 1.807) is 18.0 Å². The van der Waals surface area contributed by atoms with E-state index in [9.17, 15) is 0 Å². The zero-order valence-corrected chi connectivity index (χ0v) is 7.77. The van der Waals surface area contributed by atoms with Gasteiger partial charge >= 0.3 is 0 Å². The van der Waals surface area contributed by atoms with E-state index in [4.69, 9.17) is 5.73 Å². The molecule has 0 fully saturated rings. The first kappa shape index (κ1) is 10.5. The van der Waals surface area contributed by atoms with Crippen molar-refractivity contribution in [2.24, 2.45) is 5.73 Å². The summed E-state index contributed by atoms with van der Waals surface area (Å²) in [6, 6.07) is 5.78. The molecule has 0 spiro atoms. The first-order chi connectivity index (χ1) is 5.43. The average Bonchev–Trinajstić information content (AvgIpc) is 2.11. The van der Waals surface area contributed by atoms with Gasteiger partial charge < -0.3 is 5.73 Å². The van der Waals surface area contributed by atoms with Crippen molar-refractivity contribution in [3.05, 3.63) is 24.4 Å². The zero-order valence-electron chi connectivity index (χ0n) is 6.95. The number of rotatable bonds is 2. The fourth-order valence-electron chi connectivity index (χ4n) is 0.518. The van der Waals surface area contributed by atoms with Gasteiger partial charge in [0, 0.05) is 12.1 Å². The Hall–Kier alpha value is -0.540. The number of nitrogens with zero attached hydrogens (tertiary/aromatic N) is 1. The van der Waals surface area contributed by atoms with Crippen LogP contribution in [-0.4, -0.2) is 10.9 Å². The van der Waals surface area contributed by atoms with Crippen LogP contribution in [0.2, 0.25) is 0 Å². The molecule has 3 heteroatoms. The topological polar surface area (TPSA) is 38.9 Å². The molecular weight excluding hydrogens is 156 g/mol. The fraction of sp³-hybridized carbons (Fsp3) is 0.375. The Bertz CT molecular complexity index is 165. The minimum Gasteiger partial charge on any atom is -0.322 e. The summed E-state index contributed by atoms with van der Waals surface area (Å²) < 4.78 is 0. The maximum atomic E-state index is 5.28. The summed E-state index contributed by atoms with van der Waals surface area (Å²) in [6.07, 6.45) is 1.76. The Morgan fingerprint density at radius 2 is 2.18 bits per heavy atom. The highest BCUT2D eigenvalue weighted by Gasteiger charge is 1.86. The second-order valence-corrected chi connectivity index (χ2v) is 2.52. The minimum absolute atomic E-state index is 0.594. The molecule has 2 N–H and O–H groups in total. The van der Waals surface area contributed by atoms with Crippen molar-refractivity contribution in [3.8, 4) is 0 Å². The van der Waals surface area contributed by atoms with Gasteiger partial charge in [-0.25, -0.2) is 4.98 Å². The first-order valence-corrected chi connectivity index (χ1v) is 4.66. The molecule has 62 valence electrons. The first-order valence-electron chi connectivity index (χ1n) is 3.67. The average molecular weight is 170 g/mol. The summed E-state index contributed by atoms with van der Waals surface area (Å²) >= 11 is 1.54. The molecule has 1 heterocycles. The van der Waals surface area contributed by atoms with Crippen LogP contribution in [0.3, 0.4) is 0 Å². The van der Waals surface area contributed by atoms with Crippen LogP contribution >= 0.6 is 11.8 Å². The lowest BCUT2D eigenvalue weighted by Gasteiger charge is -1.92. The van der Waals surface area contributed by atoms with Crippen LogP contribution in [-0.2, 0) is 0 Å². The highest BCUT2D eigenvalue weighted by molar-refractivity contribution is 7.99. The highest BCUT2D eigenvalue weighted by atomic mass is 32.2. The molecule has 2 nitrogen and oxygen atoms in total. The molecule has 0 aromatic carbocycles. The van der Waals surface area contributed by atoms with Gasteiger partial charge in [0.25, 0.3) is 0 Å². The van der Waals surface area contributed by atoms with Crippen molar-refractivity contribution < 1.29 is 0 Å². The number of hydrogen-bond donors (Lipinski definition) is 1. The van der Waals surface area contributed by atoms with E-state index < -0.39 is 0 Å². The number of thioether (sulfide) groups is 1. The lowest BCUT2D eigenvalue weighted by molar-refractivity contribution is 1.13. The van der Waals surface area contributed by atoms with Crippen LogP contribution in [0.4, 0.5) is 0 Å². The summed E-state index contributed by atoms with van der Waals surface area (Å²) in [5.74, 6) is 0.594. The van der Waals surface area contributed by atoms with Crippen molar-refractivity contribution in [3.63, 3.8) is 0 Å². The summed E-state index contributed by atoms with van der Waals surface area (Å²) in [5, 5.41) is 0.986. The molecule has 0 saturated carbocycles. The Morgan fingerprint density at radius 1 is 1.45 bits per heavy atom. The van der Waals surface area contributed by atoms with Crippen LogP contribution in [0.1, 0.15) is 13.8 Å². The third-order valence-corrected chi connectivity index (χ3v) is 1.57. The Kier molecular flexibility index (Phi) is 7.19. The van der Waals surface area contributed by atoms with E-state index in [2.05, 4.69) is 4.98 Å². The second kappa shape index (κ2) is 7.57. The van der Waals surface area contributed by atoms with Crippen molar-refractivity contribution in [2.75, 3.05) is 5.88 Å². The van der Waals surface area contributed by atoms with Gasteiger partial charge in [-0.1, -0.05) is 31.7 Å². The maximum absolute atomic E-state index is 5.28. The summed E-state index contributed by atoms with van der Waals surface area (Å²) in [7, 11) is 0. The van der Waals surface area contributed by atoms with E-state index in [-0.39, 0.29) is 0 Å². The van der Waals surface area contributed by atoms with E-state index in [0.717, 1.165) is 5.03 Å². The molecule has 0 saturated heterocycles. The molecule has 0 radical (unpaired) electrons. The van der Waals surface area contributed by atoms with Gasteiger partial charge in [0.05, 0.1) is 5.03 Å². The van der Waals surface area contributed by atoms with Gasteiger partial charge in [-0.15, -0.1) is 0 Å². The molecule has 0 aliphatic rings. The van der Waals surface area contributed by atoms with Crippen molar-refractivity contribution >= 4 is 11.8 Å². The summed E-state index contributed by atoms with van der Waals surface area (Å²) in [5.41, 5.74) is 5.28. The number of nitrogens with two attached hydrogens (primary N) is 1. The SMILES string of the molecule is CC.NCSc1ccccn1. The van der Waals surface area contributed by atoms with Gasteiger partial charge in [-0.2, -0.15) is 0 Å². The molecule has 11 heavy (non-hydrogen) atoms. The molecule has 1 aromatic rings. The molecule has 0 aliphatic heterocycles. The summed E-state index contributed by atoms with van der Waals surface area (Å²) in [6.45, 7) is 4.00. The largest absolute Gasteiger partial charge is 0.322 e. The third-order valence-electron chi connectivity index (χ3n) is 0.869. The van der Waals surface area contributed by atoms with Crippen LogP contribution in [0, 0.1) is 0 Å². The molecule has 0 atom stereocenters. The molecule has 0 bridgehead atoms. The lowest BCUT2D eigenvalue weighted by atomic mass is 10.5. The summed E-state index contributed by atoms with van der Waals surface area (Å²) in [4.78, 5) is 4.05. The molecule has 0 unspecified atom stereocenters. The predicted octanol–water partition coefficient (Wildman–Crippen LogP) is 2.12. The van der Waals surface area contributed by atoms with E-state index in [1.807, 2.05) is 32.0 Å². The normalized spacial score (nSPS) is 8.27. The monoisotopic (exact) mass is 170 g/mol. The van der Waals surface area contributed by atoms with Gasteiger partial charge in [0.15, 0.2) is 0 Å². The van der Waals surface area contributed by atoms with E-state index in [0.29, 0.717) is 5.88 Å². The molecule has 0 aliphatic carbocycles. The standard InChI is InChI=1S/C6H8N2S.C2H6/c7-5-9-6-3-1-2-4-8-6;1-2/h1-4H,5,7H2;1-2H3.